The molecule has 0 atom stereocenters. The van der Waals surface area contributed by atoms with Gasteiger partial charge < -0.3 is 16.4 Å². The topological polar surface area (TPSA) is 132 Å². The van der Waals surface area contributed by atoms with Crippen molar-refractivity contribution in [1.29, 1.82) is 0 Å². The summed E-state index contributed by atoms with van der Waals surface area (Å²) in [4.78, 5) is 13.2. The van der Waals surface area contributed by atoms with Crippen LogP contribution in [0.2, 0.25) is 0 Å². The number of hydrogen-bond acceptors (Lipinski definition) is 9. The summed E-state index contributed by atoms with van der Waals surface area (Å²) in [7, 11) is 0. The van der Waals surface area contributed by atoms with Crippen LogP contribution in [0.5, 0.6) is 0 Å². The fourth-order valence-electron chi connectivity index (χ4n) is 3.72. The van der Waals surface area contributed by atoms with Crippen molar-refractivity contribution in [2.24, 2.45) is 5.73 Å². The van der Waals surface area contributed by atoms with E-state index in [0.717, 1.165) is 54.1 Å². The van der Waals surface area contributed by atoms with Gasteiger partial charge in [-0.15, -0.1) is 10.2 Å². The molecule has 0 amide bonds. The van der Waals surface area contributed by atoms with Crippen molar-refractivity contribution in [2.75, 3.05) is 10.6 Å². The number of nitrogens with two attached hydrogens (primary N) is 1. The maximum Gasteiger partial charge on any atom is 0.228 e. The molecular weight excluding hydrogens is 392 g/mol. The summed E-state index contributed by atoms with van der Waals surface area (Å²) in [5.41, 5.74) is 9.28. The molecule has 4 heterocycles. The van der Waals surface area contributed by atoms with Crippen molar-refractivity contribution in [3.8, 4) is 11.3 Å². The fraction of sp³-hybridized carbons (Fsp3) is 0.333. The Kier molecular flexibility index (Phi) is 5.13. The zero-order valence-corrected chi connectivity index (χ0v) is 17.2. The summed E-state index contributed by atoms with van der Waals surface area (Å²) in [5, 5.41) is 19.4. The minimum Gasteiger partial charge on any atom is -0.366 e. The second-order valence-electron chi connectivity index (χ2n) is 7.87. The lowest BCUT2D eigenvalue weighted by molar-refractivity contribution is 0.410. The van der Waals surface area contributed by atoms with E-state index in [0.29, 0.717) is 23.8 Å². The van der Waals surface area contributed by atoms with Crippen LogP contribution in [0.1, 0.15) is 31.4 Å². The Morgan fingerprint density at radius 1 is 0.903 bits per heavy atom. The van der Waals surface area contributed by atoms with Crippen molar-refractivity contribution < 1.29 is 0 Å². The number of anilines is 3. The second kappa shape index (κ2) is 8.23. The average molecular weight is 416 g/mol. The van der Waals surface area contributed by atoms with E-state index in [2.05, 4.69) is 35.8 Å². The van der Waals surface area contributed by atoms with Crippen LogP contribution in [-0.2, 0) is 0 Å². The van der Waals surface area contributed by atoms with E-state index >= 15 is 0 Å². The molecule has 0 spiro atoms. The van der Waals surface area contributed by atoms with Crippen LogP contribution in [0.4, 0.5) is 17.6 Å². The Bertz CT molecular complexity index is 1160. The van der Waals surface area contributed by atoms with Crippen LogP contribution in [0, 0.1) is 6.92 Å². The van der Waals surface area contributed by atoms with Crippen LogP contribution in [-0.4, -0.2) is 46.8 Å². The molecule has 0 saturated heterocycles. The van der Waals surface area contributed by atoms with E-state index in [1.165, 1.54) is 0 Å². The Morgan fingerprint density at radius 2 is 1.68 bits per heavy atom. The summed E-state index contributed by atoms with van der Waals surface area (Å²) >= 11 is 0. The molecule has 1 fully saturated rings. The van der Waals surface area contributed by atoms with Gasteiger partial charge in [0.15, 0.2) is 11.5 Å². The summed E-state index contributed by atoms with van der Waals surface area (Å²) in [5.74, 6) is 1.86. The minimum absolute atomic E-state index is 0.323. The Balaban J connectivity index is 1.35. The van der Waals surface area contributed by atoms with E-state index in [1.54, 1.807) is 18.6 Å². The van der Waals surface area contributed by atoms with E-state index in [4.69, 9.17) is 10.8 Å². The molecule has 0 bridgehead atoms. The van der Waals surface area contributed by atoms with Gasteiger partial charge in [0.05, 0.1) is 17.6 Å². The lowest BCUT2D eigenvalue weighted by Gasteiger charge is -2.27. The van der Waals surface area contributed by atoms with Crippen LogP contribution in [0.15, 0.2) is 42.9 Å². The molecule has 0 aromatic carbocycles. The summed E-state index contributed by atoms with van der Waals surface area (Å²) < 4.78 is 1.81. The molecular formula is C21H24N10. The first-order chi connectivity index (χ1) is 15.1. The van der Waals surface area contributed by atoms with Crippen LogP contribution < -0.4 is 16.4 Å². The number of aromatic nitrogens is 7. The van der Waals surface area contributed by atoms with E-state index < -0.39 is 0 Å². The molecule has 1 aliphatic carbocycles. The van der Waals surface area contributed by atoms with Gasteiger partial charge in [0.1, 0.15) is 5.82 Å². The molecule has 5 rings (SSSR count). The number of nitrogens with one attached hydrogen (secondary N) is 2. The number of nitrogens with zero attached hydrogens (tertiary/aromatic N) is 7. The van der Waals surface area contributed by atoms with Crippen molar-refractivity contribution in [3.63, 3.8) is 0 Å². The molecule has 1 saturated carbocycles. The highest BCUT2D eigenvalue weighted by Crippen LogP contribution is 2.23. The monoisotopic (exact) mass is 416 g/mol. The predicted molar refractivity (Wildman–Crippen MR) is 118 cm³/mol. The number of hydrogen-bond donors (Lipinski definition) is 3. The van der Waals surface area contributed by atoms with Crippen LogP contribution >= 0.6 is 0 Å². The molecule has 4 aromatic rings. The first-order valence-electron chi connectivity index (χ1n) is 10.4. The minimum atomic E-state index is 0.323. The molecule has 0 radical (unpaired) electrons. The highest BCUT2D eigenvalue weighted by atomic mass is 15.3. The van der Waals surface area contributed by atoms with Crippen LogP contribution in [0.25, 0.3) is 16.9 Å². The van der Waals surface area contributed by atoms with Gasteiger partial charge in [0, 0.05) is 30.0 Å². The first-order valence-corrected chi connectivity index (χ1v) is 10.4. The van der Waals surface area contributed by atoms with Gasteiger partial charge in [-0.25, -0.2) is 19.5 Å². The van der Waals surface area contributed by atoms with E-state index in [1.807, 2.05) is 35.7 Å². The number of imidazole rings is 1. The first kappa shape index (κ1) is 19.3. The van der Waals surface area contributed by atoms with Crippen molar-refractivity contribution >= 4 is 23.2 Å². The fourth-order valence-corrected chi connectivity index (χ4v) is 3.72. The highest BCUT2D eigenvalue weighted by molar-refractivity contribution is 5.63. The highest BCUT2D eigenvalue weighted by Gasteiger charge is 2.19. The summed E-state index contributed by atoms with van der Waals surface area (Å²) in [6.45, 7) is 1.89. The maximum absolute atomic E-state index is 6.02. The Hall–Kier alpha value is -3.66. The zero-order chi connectivity index (χ0) is 21.2. The number of aryl methyl sites for hydroxylation is 1. The molecule has 158 valence electrons. The number of fused-ring (bicyclic) bond motifs is 1. The standard InChI is InChI=1S/C21H24N10/c1-13-2-7-18(29-28-13)27-21-24-10-14(11-25-21)17-12-23-20-9-8-19(30-31(17)20)26-16-5-3-15(22)4-6-16/h2,7-12,15-16H,3-6,22H2,1H3,(H,26,30)(H,24,25,27,29)/t15-,16-. The molecule has 10 heteroatoms. The van der Waals surface area contributed by atoms with Gasteiger partial charge in [-0.05, 0) is 56.9 Å². The van der Waals surface area contributed by atoms with Crippen molar-refractivity contribution in [2.45, 2.75) is 44.7 Å². The summed E-state index contributed by atoms with van der Waals surface area (Å²) in [6.07, 6.45) is 9.47. The second-order valence-corrected chi connectivity index (χ2v) is 7.87. The predicted octanol–water partition coefficient (Wildman–Crippen LogP) is 2.71. The van der Waals surface area contributed by atoms with Gasteiger partial charge in [-0.3, -0.25) is 0 Å². The molecule has 10 nitrogen and oxygen atoms in total. The third kappa shape index (κ3) is 4.29. The normalized spacial score (nSPS) is 18.8. The average Bonchev–Trinajstić information content (AvgIpc) is 3.21. The molecule has 4 aromatic heterocycles. The Labute approximate surface area is 179 Å². The molecule has 0 unspecified atom stereocenters. The summed E-state index contributed by atoms with van der Waals surface area (Å²) in [6, 6.07) is 8.36. The quantitative estimate of drug-likeness (QED) is 0.449. The van der Waals surface area contributed by atoms with Crippen molar-refractivity contribution in [1.82, 2.24) is 34.8 Å². The molecule has 0 aliphatic heterocycles. The third-order valence-electron chi connectivity index (χ3n) is 5.47. The molecule has 4 N–H and O–H groups in total. The zero-order valence-electron chi connectivity index (χ0n) is 17.2. The number of rotatable bonds is 5. The smallest absolute Gasteiger partial charge is 0.228 e. The van der Waals surface area contributed by atoms with Gasteiger partial charge in [-0.2, -0.15) is 5.10 Å². The van der Waals surface area contributed by atoms with Gasteiger partial charge in [0.2, 0.25) is 5.95 Å². The van der Waals surface area contributed by atoms with Crippen LogP contribution in [0.3, 0.4) is 0 Å². The van der Waals surface area contributed by atoms with E-state index in [-0.39, 0.29) is 0 Å². The largest absolute Gasteiger partial charge is 0.366 e. The van der Waals surface area contributed by atoms with Gasteiger partial charge in [-0.1, -0.05) is 0 Å². The Morgan fingerprint density at radius 3 is 2.42 bits per heavy atom. The lowest BCUT2D eigenvalue weighted by Crippen LogP contribution is -2.33. The van der Waals surface area contributed by atoms with Crippen molar-refractivity contribution in [3.05, 3.63) is 48.5 Å². The third-order valence-corrected chi connectivity index (χ3v) is 5.47. The van der Waals surface area contributed by atoms with E-state index in [9.17, 15) is 0 Å². The molecule has 31 heavy (non-hydrogen) atoms. The maximum atomic E-state index is 6.02. The molecule has 1 aliphatic rings. The lowest BCUT2D eigenvalue weighted by atomic mass is 9.92. The van der Waals surface area contributed by atoms with Gasteiger partial charge >= 0.3 is 0 Å². The SMILES string of the molecule is Cc1ccc(Nc2ncc(-c3cnc4ccc(N[C@H]5CC[C@H](N)CC5)nn34)cn2)nn1. The van der Waals surface area contributed by atoms with Gasteiger partial charge in [0.25, 0.3) is 0 Å².